The van der Waals surface area contributed by atoms with Crippen LogP contribution in [-0.4, -0.2) is 19.5 Å². The van der Waals surface area contributed by atoms with Gasteiger partial charge in [0.25, 0.3) is 0 Å². The van der Waals surface area contributed by atoms with E-state index < -0.39 is 0 Å². The topological polar surface area (TPSA) is 69.6 Å². The Balaban J connectivity index is 1.93. The largest absolute Gasteiger partial charge is 0.384 e. The number of hydrogen-bond donors (Lipinski definition) is 1. The fourth-order valence-corrected chi connectivity index (χ4v) is 3.63. The first kappa shape index (κ1) is 15.4. The lowest BCUT2D eigenvalue weighted by Crippen LogP contribution is -1.99. The molecule has 3 rings (SSSR count). The third kappa shape index (κ3) is 2.99. The molecule has 0 saturated heterocycles. The predicted molar refractivity (Wildman–Crippen MR) is 91.5 cm³/mol. The summed E-state index contributed by atoms with van der Waals surface area (Å²) in [5, 5.41) is 2.39. The van der Waals surface area contributed by atoms with Crippen molar-refractivity contribution < 1.29 is 0 Å². The number of aromatic nitrogens is 4. The lowest BCUT2D eigenvalue weighted by atomic mass is 10.2. The SMILES string of the molecule is CC(Sc1nc(N)cc(Cl)n1)c1cc2ccn(C)c2c(Cl)n1. The van der Waals surface area contributed by atoms with E-state index in [0.29, 0.717) is 21.3 Å². The monoisotopic (exact) mass is 353 g/mol. The van der Waals surface area contributed by atoms with E-state index in [-0.39, 0.29) is 5.25 Å². The average Bonchev–Trinajstić information content (AvgIpc) is 2.79. The first-order valence-electron chi connectivity index (χ1n) is 6.52. The van der Waals surface area contributed by atoms with Gasteiger partial charge in [0.05, 0.1) is 16.5 Å². The Bertz CT molecular complexity index is 828. The maximum atomic E-state index is 6.29. The highest BCUT2D eigenvalue weighted by molar-refractivity contribution is 7.99. The van der Waals surface area contributed by atoms with Crippen LogP contribution in [0.4, 0.5) is 5.82 Å². The smallest absolute Gasteiger partial charge is 0.191 e. The maximum absolute atomic E-state index is 6.29. The Labute approximate surface area is 141 Å². The summed E-state index contributed by atoms with van der Waals surface area (Å²) in [4.78, 5) is 12.8. The zero-order valence-corrected chi connectivity index (χ0v) is 14.2. The first-order valence-corrected chi connectivity index (χ1v) is 8.16. The van der Waals surface area contributed by atoms with Crippen molar-refractivity contribution in [2.75, 3.05) is 5.73 Å². The summed E-state index contributed by atoms with van der Waals surface area (Å²) in [5.41, 5.74) is 7.47. The van der Waals surface area contributed by atoms with Gasteiger partial charge < -0.3 is 10.3 Å². The Morgan fingerprint density at radius 3 is 2.73 bits per heavy atom. The third-order valence-electron chi connectivity index (χ3n) is 3.22. The molecule has 2 N–H and O–H groups in total. The summed E-state index contributed by atoms with van der Waals surface area (Å²) in [7, 11) is 1.94. The Kier molecular flexibility index (Phi) is 4.16. The maximum Gasteiger partial charge on any atom is 0.191 e. The number of halogens is 2. The van der Waals surface area contributed by atoms with Crippen molar-refractivity contribution in [1.82, 2.24) is 19.5 Å². The molecule has 3 aromatic heterocycles. The van der Waals surface area contributed by atoms with Crippen molar-refractivity contribution in [2.45, 2.75) is 17.3 Å². The summed E-state index contributed by atoms with van der Waals surface area (Å²) >= 11 is 13.6. The van der Waals surface area contributed by atoms with Crippen LogP contribution in [0.15, 0.2) is 29.6 Å². The number of hydrogen-bond acceptors (Lipinski definition) is 5. The van der Waals surface area contributed by atoms with Crippen molar-refractivity contribution in [3.63, 3.8) is 0 Å². The lowest BCUT2D eigenvalue weighted by Gasteiger charge is -2.11. The van der Waals surface area contributed by atoms with Crippen LogP contribution in [0.3, 0.4) is 0 Å². The Morgan fingerprint density at radius 1 is 1.23 bits per heavy atom. The number of nitrogen functional groups attached to an aromatic ring is 1. The zero-order chi connectivity index (χ0) is 15.9. The molecule has 0 amide bonds. The molecule has 0 radical (unpaired) electrons. The van der Waals surface area contributed by atoms with Gasteiger partial charge in [0.15, 0.2) is 10.3 Å². The van der Waals surface area contributed by atoms with Crippen LogP contribution in [0.1, 0.15) is 17.9 Å². The van der Waals surface area contributed by atoms with Gasteiger partial charge >= 0.3 is 0 Å². The van der Waals surface area contributed by atoms with Crippen LogP contribution in [-0.2, 0) is 7.05 Å². The Hall–Kier alpha value is -1.50. The van der Waals surface area contributed by atoms with Gasteiger partial charge in [-0.3, -0.25) is 0 Å². The van der Waals surface area contributed by atoms with E-state index in [9.17, 15) is 0 Å². The van der Waals surface area contributed by atoms with Crippen LogP contribution in [0.25, 0.3) is 10.9 Å². The third-order valence-corrected chi connectivity index (χ3v) is 4.67. The number of aryl methyl sites for hydroxylation is 1. The summed E-state index contributed by atoms with van der Waals surface area (Å²) in [5.74, 6) is 0.346. The van der Waals surface area contributed by atoms with Crippen LogP contribution in [0.5, 0.6) is 0 Å². The molecule has 1 unspecified atom stereocenters. The summed E-state index contributed by atoms with van der Waals surface area (Å²) in [6, 6.07) is 5.55. The molecule has 0 fully saturated rings. The van der Waals surface area contributed by atoms with Gasteiger partial charge in [-0.05, 0) is 19.1 Å². The van der Waals surface area contributed by atoms with Crippen LogP contribution >= 0.6 is 35.0 Å². The molecule has 0 aliphatic carbocycles. The fraction of sp³-hybridized carbons (Fsp3) is 0.214. The van der Waals surface area contributed by atoms with Gasteiger partial charge in [0.1, 0.15) is 11.0 Å². The molecular weight excluding hydrogens is 341 g/mol. The van der Waals surface area contributed by atoms with E-state index in [1.165, 1.54) is 17.8 Å². The molecule has 0 aliphatic heterocycles. The molecule has 0 saturated carbocycles. The predicted octanol–water partition coefficient (Wildman–Crippen LogP) is 4.11. The minimum Gasteiger partial charge on any atom is -0.384 e. The van der Waals surface area contributed by atoms with Crippen LogP contribution in [0, 0.1) is 0 Å². The number of fused-ring (bicyclic) bond motifs is 1. The quantitative estimate of drug-likeness (QED) is 0.332. The molecule has 3 heterocycles. The molecule has 0 spiro atoms. The highest BCUT2D eigenvalue weighted by Gasteiger charge is 2.15. The van der Waals surface area contributed by atoms with Gasteiger partial charge in [-0.1, -0.05) is 35.0 Å². The van der Waals surface area contributed by atoms with Crippen LogP contribution in [0.2, 0.25) is 10.3 Å². The average molecular weight is 354 g/mol. The number of pyridine rings is 1. The van der Waals surface area contributed by atoms with E-state index >= 15 is 0 Å². The molecule has 0 aromatic carbocycles. The highest BCUT2D eigenvalue weighted by atomic mass is 35.5. The lowest BCUT2D eigenvalue weighted by molar-refractivity contribution is 0.939. The second-order valence-corrected chi connectivity index (χ2v) is 6.91. The highest BCUT2D eigenvalue weighted by Crippen LogP contribution is 2.35. The van der Waals surface area contributed by atoms with E-state index in [1.54, 1.807) is 0 Å². The number of nitrogens with two attached hydrogens (primary N) is 1. The molecule has 1 atom stereocenters. The summed E-state index contributed by atoms with van der Waals surface area (Å²) in [6.07, 6.45) is 1.96. The van der Waals surface area contributed by atoms with Gasteiger partial charge in [-0.2, -0.15) is 0 Å². The zero-order valence-electron chi connectivity index (χ0n) is 11.9. The van der Waals surface area contributed by atoms with Gasteiger partial charge in [0, 0.05) is 24.7 Å². The van der Waals surface area contributed by atoms with E-state index in [4.69, 9.17) is 28.9 Å². The fourth-order valence-electron chi connectivity index (χ4n) is 2.18. The Morgan fingerprint density at radius 2 is 2.00 bits per heavy atom. The van der Waals surface area contributed by atoms with Crippen molar-refractivity contribution in [3.8, 4) is 0 Å². The normalized spacial score (nSPS) is 12.7. The van der Waals surface area contributed by atoms with Crippen molar-refractivity contribution in [3.05, 3.63) is 40.4 Å². The number of thioether (sulfide) groups is 1. The number of anilines is 1. The molecule has 8 heteroatoms. The molecule has 0 bridgehead atoms. The van der Waals surface area contributed by atoms with E-state index in [2.05, 4.69) is 15.0 Å². The molecule has 0 aliphatic rings. The second-order valence-electron chi connectivity index (χ2n) is 4.86. The molecule has 3 aromatic rings. The van der Waals surface area contributed by atoms with Gasteiger partial charge in [-0.25, -0.2) is 15.0 Å². The number of rotatable bonds is 3. The summed E-state index contributed by atoms with van der Waals surface area (Å²) < 4.78 is 1.95. The van der Waals surface area contributed by atoms with E-state index in [1.807, 2.05) is 36.9 Å². The second kappa shape index (κ2) is 5.95. The van der Waals surface area contributed by atoms with Crippen LogP contribution < -0.4 is 5.73 Å². The first-order chi connectivity index (χ1) is 10.4. The summed E-state index contributed by atoms with van der Waals surface area (Å²) in [6.45, 7) is 2.01. The molecule has 5 nitrogen and oxygen atoms in total. The number of nitrogens with zero attached hydrogens (tertiary/aromatic N) is 4. The minimum atomic E-state index is 0.0139. The van der Waals surface area contributed by atoms with Crippen molar-refractivity contribution in [1.29, 1.82) is 0 Å². The molecule has 114 valence electrons. The molecular formula is C14H13Cl2N5S. The van der Waals surface area contributed by atoms with Crippen molar-refractivity contribution >= 4 is 51.7 Å². The standard InChI is InChI=1S/C14H13Cl2N5S/c1-7(22-14-19-10(15)6-11(17)20-14)9-5-8-3-4-21(2)12(8)13(16)18-9/h3-7H,1-2H3,(H2,17,19,20). The minimum absolute atomic E-state index is 0.0139. The van der Waals surface area contributed by atoms with Gasteiger partial charge in [0.2, 0.25) is 0 Å². The van der Waals surface area contributed by atoms with Gasteiger partial charge in [-0.15, -0.1) is 0 Å². The van der Waals surface area contributed by atoms with E-state index in [0.717, 1.165) is 16.6 Å². The molecule has 22 heavy (non-hydrogen) atoms. The van der Waals surface area contributed by atoms with Crippen molar-refractivity contribution in [2.24, 2.45) is 7.05 Å².